The van der Waals surface area contributed by atoms with Gasteiger partial charge in [-0.15, -0.1) is 0 Å². The van der Waals surface area contributed by atoms with Gasteiger partial charge in [0.2, 0.25) is 0 Å². The highest BCUT2D eigenvalue weighted by Crippen LogP contribution is 2.18. The van der Waals surface area contributed by atoms with E-state index in [0.717, 1.165) is 5.56 Å². The minimum Gasteiger partial charge on any atom is -0.445 e. The number of hydrogen-bond acceptors (Lipinski definition) is 8. The summed E-state index contributed by atoms with van der Waals surface area (Å²) in [4.78, 5) is 47.0. The third kappa shape index (κ3) is 10.9. The first-order chi connectivity index (χ1) is 17.0. The summed E-state index contributed by atoms with van der Waals surface area (Å²) in [6, 6.07) is 13.3. The Morgan fingerprint density at radius 1 is 0.972 bits per heavy atom. The number of nitrogens with one attached hydrogen (secondary N) is 2. The summed E-state index contributed by atoms with van der Waals surface area (Å²) >= 11 is 0. The molecular formula is C25H31N3O8. The largest absolute Gasteiger partial charge is 0.445 e. The van der Waals surface area contributed by atoms with Crippen molar-refractivity contribution in [2.24, 2.45) is 0 Å². The maximum atomic E-state index is 12.7. The van der Waals surface area contributed by atoms with Crippen LogP contribution < -0.4 is 15.4 Å². The van der Waals surface area contributed by atoms with E-state index in [9.17, 15) is 24.5 Å². The normalized spacial score (nSPS) is 11.6. The van der Waals surface area contributed by atoms with E-state index in [-0.39, 0.29) is 24.5 Å². The molecule has 0 aliphatic heterocycles. The molecule has 2 aromatic carbocycles. The van der Waals surface area contributed by atoms with Gasteiger partial charge in [0, 0.05) is 18.7 Å². The predicted octanol–water partition coefficient (Wildman–Crippen LogP) is 4.49. The van der Waals surface area contributed by atoms with Crippen molar-refractivity contribution in [1.82, 2.24) is 10.6 Å². The number of nitro benzene ring substituents is 1. The molecule has 1 atom stereocenters. The van der Waals surface area contributed by atoms with E-state index >= 15 is 0 Å². The number of rotatable bonds is 11. The molecule has 0 spiro atoms. The first kappa shape index (κ1) is 28.1. The molecular weight excluding hydrogens is 470 g/mol. The van der Waals surface area contributed by atoms with Crippen molar-refractivity contribution in [2.75, 3.05) is 6.54 Å². The molecule has 2 amide bonds. The van der Waals surface area contributed by atoms with Gasteiger partial charge in [-0.1, -0.05) is 30.3 Å². The van der Waals surface area contributed by atoms with E-state index in [2.05, 4.69) is 10.6 Å². The Bertz CT molecular complexity index is 1020. The van der Waals surface area contributed by atoms with Crippen LogP contribution in [0.2, 0.25) is 0 Å². The number of hydrogen-bond donors (Lipinski definition) is 2. The summed E-state index contributed by atoms with van der Waals surface area (Å²) in [5.41, 5.74) is -0.0377. The van der Waals surface area contributed by atoms with Crippen LogP contribution in [0.5, 0.6) is 5.75 Å². The highest BCUT2D eigenvalue weighted by molar-refractivity contribution is 5.83. The Labute approximate surface area is 209 Å². The van der Waals surface area contributed by atoms with E-state index in [1.165, 1.54) is 24.3 Å². The van der Waals surface area contributed by atoms with Gasteiger partial charge in [0.25, 0.3) is 5.69 Å². The number of alkyl carbamates (subject to hydrolysis) is 2. The fourth-order valence-electron chi connectivity index (χ4n) is 2.96. The Morgan fingerprint density at radius 3 is 2.25 bits per heavy atom. The van der Waals surface area contributed by atoms with Crippen molar-refractivity contribution in [2.45, 2.75) is 58.3 Å². The molecule has 0 unspecified atom stereocenters. The summed E-state index contributed by atoms with van der Waals surface area (Å²) in [6.07, 6.45) is -0.145. The van der Waals surface area contributed by atoms with Crippen LogP contribution in [-0.4, -0.2) is 41.3 Å². The SMILES string of the molecule is CC(C)(C)OC(=O)N[C@H](CCCCNC(=O)OCc1ccccc1)C(=O)Oc1ccc([N+](=O)[O-])cc1. The fraction of sp³-hybridized carbons (Fsp3) is 0.400. The highest BCUT2D eigenvalue weighted by Gasteiger charge is 2.26. The maximum absolute atomic E-state index is 12.7. The molecule has 2 aromatic rings. The van der Waals surface area contributed by atoms with Gasteiger partial charge in [-0.05, 0) is 57.7 Å². The smallest absolute Gasteiger partial charge is 0.408 e. The van der Waals surface area contributed by atoms with E-state index in [0.29, 0.717) is 19.4 Å². The maximum Gasteiger partial charge on any atom is 0.408 e. The Hall–Kier alpha value is -4.15. The number of amides is 2. The van der Waals surface area contributed by atoms with Crippen LogP contribution in [-0.2, 0) is 20.9 Å². The zero-order valence-corrected chi connectivity index (χ0v) is 20.5. The number of nitro groups is 1. The molecule has 2 rings (SSSR count). The van der Waals surface area contributed by atoms with Gasteiger partial charge >= 0.3 is 18.2 Å². The number of benzene rings is 2. The standard InChI is InChI=1S/C25H31N3O8/c1-25(2,3)36-24(31)27-21(22(29)35-20-14-12-19(13-15-20)28(32)33)11-7-8-16-26-23(30)34-17-18-9-5-4-6-10-18/h4-6,9-10,12-15,21H,7-8,11,16-17H2,1-3H3,(H,26,30)(H,27,31)/t21-/m1/s1. The molecule has 0 bridgehead atoms. The number of carbonyl (C=O) groups is 3. The topological polar surface area (TPSA) is 146 Å². The summed E-state index contributed by atoms with van der Waals surface area (Å²) in [7, 11) is 0. The second kappa shape index (κ2) is 13.7. The van der Waals surface area contributed by atoms with Gasteiger partial charge in [-0.3, -0.25) is 10.1 Å². The van der Waals surface area contributed by atoms with Crippen LogP contribution in [0.15, 0.2) is 54.6 Å². The minimum atomic E-state index is -1.03. The average Bonchev–Trinajstić information content (AvgIpc) is 2.81. The van der Waals surface area contributed by atoms with Crippen molar-refractivity contribution < 1.29 is 33.5 Å². The quantitative estimate of drug-likeness (QED) is 0.151. The summed E-state index contributed by atoms with van der Waals surface area (Å²) in [5.74, 6) is -0.644. The molecule has 0 saturated heterocycles. The van der Waals surface area contributed by atoms with Gasteiger partial charge < -0.3 is 24.8 Å². The van der Waals surface area contributed by atoms with Gasteiger partial charge in [-0.2, -0.15) is 0 Å². The summed E-state index contributed by atoms with van der Waals surface area (Å²) in [6.45, 7) is 5.55. The van der Waals surface area contributed by atoms with E-state index in [1.54, 1.807) is 20.8 Å². The first-order valence-corrected chi connectivity index (χ1v) is 11.4. The predicted molar refractivity (Wildman–Crippen MR) is 130 cm³/mol. The van der Waals surface area contributed by atoms with Crippen LogP contribution in [0.1, 0.15) is 45.6 Å². The third-order valence-corrected chi connectivity index (χ3v) is 4.64. The van der Waals surface area contributed by atoms with Crippen LogP contribution >= 0.6 is 0 Å². The third-order valence-electron chi connectivity index (χ3n) is 4.64. The number of unbranched alkanes of at least 4 members (excludes halogenated alkanes) is 1. The molecule has 0 heterocycles. The number of non-ortho nitro benzene ring substituents is 1. The molecule has 0 aliphatic rings. The van der Waals surface area contributed by atoms with Crippen LogP contribution in [0.4, 0.5) is 15.3 Å². The lowest BCUT2D eigenvalue weighted by Gasteiger charge is -2.23. The van der Waals surface area contributed by atoms with Crippen molar-refractivity contribution in [3.05, 3.63) is 70.3 Å². The van der Waals surface area contributed by atoms with Crippen LogP contribution in [0.3, 0.4) is 0 Å². The Morgan fingerprint density at radius 2 is 1.64 bits per heavy atom. The lowest BCUT2D eigenvalue weighted by Crippen LogP contribution is -2.45. The zero-order valence-electron chi connectivity index (χ0n) is 20.5. The van der Waals surface area contributed by atoms with E-state index in [1.807, 2.05) is 30.3 Å². The lowest BCUT2D eigenvalue weighted by molar-refractivity contribution is -0.384. The molecule has 0 fully saturated rings. The highest BCUT2D eigenvalue weighted by atomic mass is 16.6. The lowest BCUT2D eigenvalue weighted by atomic mass is 10.1. The zero-order chi connectivity index (χ0) is 26.6. The van der Waals surface area contributed by atoms with Gasteiger partial charge in [0.1, 0.15) is 24.0 Å². The number of carbonyl (C=O) groups excluding carboxylic acids is 3. The molecule has 194 valence electrons. The molecule has 0 saturated carbocycles. The van der Waals surface area contributed by atoms with Crippen molar-refractivity contribution in [3.8, 4) is 5.75 Å². The molecule has 11 nitrogen and oxygen atoms in total. The molecule has 0 aliphatic carbocycles. The van der Waals surface area contributed by atoms with Crippen molar-refractivity contribution in [3.63, 3.8) is 0 Å². The second-order valence-corrected chi connectivity index (χ2v) is 8.86. The number of esters is 1. The van der Waals surface area contributed by atoms with Gasteiger partial charge in [0.05, 0.1) is 4.92 Å². The van der Waals surface area contributed by atoms with E-state index < -0.39 is 34.7 Å². The Balaban J connectivity index is 1.84. The summed E-state index contributed by atoms with van der Waals surface area (Å²) < 4.78 is 15.7. The van der Waals surface area contributed by atoms with Crippen molar-refractivity contribution in [1.29, 1.82) is 0 Å². The summed E-state index contributed by atoms with van der Waals surface area (Å²) in [5, 5.41) is 15.9. The molecule has 0 radical (unpaired) electrons. The van der Waals surface area contributed by atoms with Crippen LogP contribution in [0, 0.1) is 10.1 Å². The monoisotopic (exact) mass is 501 g/mol. The Kier molecular flexibility index (Phi) is 10.7. The number of ether oxygens (including phenoxy) is 3. The molecule has 36 heavy (non-hydrogen) atoms. The first-order valence-electron chi connectivity index (χ1n) is 11.4. The molecule has 11 heteroatoms. The number of nitrogens with zero attached hydrogens (tertiary/aromatic N) is 1. The van der Waals surface area contributed by atoms with E-state index in [4.69, 9.17) is 14.2 Å². The van der Waals surface area contributed by atoms with Crippen LogP contribution in [0.25, 0.3) is 0 Å². The fourth-order valence-corrected chi connectivity index (χ4v) is 2.96. The minimum absolute atomic E-state index is 0.101. The van der Waals surface area contributed by atoms with Crippen molar-refractivity contribution >= 4 is 23.8 Å². The molecule has 2 N–H and O–H groups in total. The molecule has 0 aromatic heterocycles. The average molecular weight is 502 g/mol. The van der Waals surface area contributed by atoms with Gasteiger partial charge in [0.15, 0.2) is 0 Å². The second-order valence-electron chi connectivity index (χ2n) is 8.86. The van der Waals surface area contributed by atoms with Gasteiger partial charge in [-0.25, -0.2) is 14.4 Å².